The number of azide groups is 2. The van der Waals surface area contributed by atoms with Crippen molar-refractivity contribution in [3.05, 3.63) is 20.9 Å². The average Bonchev–Trinajstić information content (AvgIpc) is 2.78. The molecule has 186 valence electrons. The van der Waals surface area contributed by atoms with E-state index in [0.29, 0.717) is 0 Å². The van der Waals surface area contributed by atoms with Gasteiger partial charge in [-0.05, 0) is 34.7 Å². The number of nitrogens with zero attached hydrogens (tertiary/aromatic N) is 6. The lowest BCUT2D eigenvalue weighted by Crippen LogP contribution is -2.50. The normalized spacial score (nSPS) is 37.9. The summed E-state index contributed by atoms with van der Waals surface area (Å²) in [6.45, 7) is 8.28. The number of hydrogen-bond acceptors (Lipinski definition) is 10. The molecule has 2 saturated heterocycles. The zero-order valence-electron chi connectivity index (χ0n) is 19.3. The monoisotopic (exact) mass is 472 g/mol. The maximum absolute atomic E-state index is 11.1. The maximum Gasteiger partial charge on any atom is 0.374 e. The quantitative estimate of drug-likeness (QED) is 0.168. The van der Waals surface area contributed by atoms with Gasteiger partial charge >= 0.3 is 5.97 Å². The van der Waals surface area contributed by atoms with Crippen LogP contribution in [-0.2, 0) is 23.8 Å². The summed E-state index contributed by atoms with van der Waals surface area (Å²) in [4.78, 5) is 27.1. The van der Waals surface area contributed by atoms with E-state index in [4.69, 9.17) is 30.4 Å². The van der Waals surface area contributed by atoms with Crippen molar-refractivity contribution in [2.24, 2.45) is 33.9 Å². The van der Waals surface area contributed by atoms with Crippen LogP contribution in [-0.4, -0.2) is 77.2 Å². The third kappa shape index (κ3) is 7.54. The number of ether oxygens (including phenoxy) is 3. The number of aliphatic hydroxyl groups excluding tert-OH is 3. The molecule has 2 aliphatic heterocycles. The Kier molecular flexibility index (Phi) is 11.5. The summed E-state index contributed by atoms with van der Waals surface area (Å²) in [5.74, 6) is -1.82. The highest BCUT2D eigenvalue weighted by Crippen LogP contribution is 2.32. The van der Waals surface area contributed by atoms with Crippen LogP contribution >= 0.6 is 0 Å². The van der Waals surface area contributed by atoms with Gasteiger partial charge in [0.1, 0.15) is 6.61 Å². The highest BCUT2D eigenvalue weighted by Gasteiger charge is 2.41. The van der Waals surface area contributed by atoms with Crippen LogP contribution in [0.4, 0.5) is 0 Å². The van der Waals surface area contributed by atoms with Gasteiger partial charge in [0.2, 0.25) is 5.78 Å². The Hall–Kier alpha value is -2.44. The molecule has 2 aliphatic rings. The number of aliphatic hydroxyl groups is 3. The molecular weight excluding hydrogens is 440 g/mol. The molecule has 14 heteroatoms. The van der Waals surface area contributed by atoms with E-state index in [9.17, 15) is 19.8 Å². The fraction of sp³-hybridized carbons (Fsp3) is 0.895. The molecule has 2 heterocycles. The number of hydrogen-bond donors (Lipinski definition) is 3. The van der Waals surface area contributed by atoms with E-state index < -0.39 is 42.5 Å². The smallest absolute Gasteiger partial charge is 0.374 e. The maximum atomic E-state index is 11.1. The van der Waals surface area contributed by atoms with E-state index in [-0.39, 0.29) is 43.0 Å². The Bertz CT molecular complexity index is 771. The minimum atomic E-state index is -1.25. The van der Waals surface area contributed by atoms with Crippen LogP contribution in [0.15, 0.2) is 10.2 Å². The van der Waals surface area contributed by atoms with Gasteiger partial charge in [-0.25, -0.2) is 4.79 Å². The van der Waals surface area contributed by atoms with Crippen LogP contribution < -0.4 is 0 Å². The predicted molar refractivity (Wildman–Crippen MR) is 113 cm³/mol. The van der Waals surface area contributed by atoms with Gasteiger partial charge in [-0.2, -0.15) is 0 Å². The molecule has 0 amide bonds. The SMILES string of the molecule is CC(=O)C(=O)OCC1OC(O)C(N=[N+]=[N-])[C@@H](C)[C@@H]1C.C[C@@H]1C(CO)OC(O)C(N=[N+]=[N-])[C@H]1C. The van der Waals surface area contributed by atoms with Crippen molar-refractivity contribution >= 4 is 11.8 Å². The van der Waals surface area contributed by atoms with Crippen molar-refractivity contribution in [2.45, 2.75) is 71.5 Å². The van der Waals surface area contributed by atoms with Gasteiger partial charge in [0, 0.05) is 16.7 Å². The molecule has 0 aromatic carbocycles. The van der Waals surface area contributed by atoms with Crippen molar-refractivity contribution in [3.8, 4) is 0 Å². The van der Waals surface area contributed by atoms with Gasteiger partial charge in [-0.15, -0.1) is 0 Å². The molecule has 6 unspecified atom stereocenters. The van der Waals surface area contributed by atoms with E-state index in [0.717, 1.165) is 6.92 Å². The summed E-state index contributed by atoms with van der Waals surface area (Å²) in [6.07, 6.45) is -3.29. The fourth-order valence-electron chi connectivity index (χ4n) is 3.69. The second-order valence-corrected chi connectivity index (χ2v) is 8.29. The zero-order valence-corrected chi connectivity index (χ0v) is 19.3. The lowest BCUT2D eigenvalue weighted by molar-refractivity contribution is -0.218. The first-order valence-electron chi connectivity index (χ1n) is 10.5. The minimum Gasteiger partial charge on any atom is -0.457 e. The Morgan fingerprint density at radius 3 is 1.70 bits per heavy atom. The van der Waals surface area contributed by atoms with Gasteiger partial charge in [0.05, 0.1) is 30.9 Å². The zero-order chi connectivity index (χ0) is 25.3. The van der Waals surface area contributed by atoms with Crippen LogP contribution in [0.1, 0.15) is 34.6 Å². The molecule has 33 heavy (non-hydrogen) atoms. The lowest BCUT2D eigenvalue weighted by Gasteiger charge is -2.40. The van der Waals surface area contributed by atoms with Crippen molar-refractivity contribution in [1.82, 2.24) is 0 Å². The fourth-order valence-corrected chi connectivity index (χ4v) is 3.69. The molecule has 10 atom stereocenters. The Balaban J connectivity index is 0.000000346. The Morgan fingerprint density at radius 1 is 0.879 bits per heavy atom. The van der Waals surface area contributed by atoms with Crippen LogP contribution in [0.3, 0.4) is 0 Å². The number of carbonyl (C=O) groups is 2. The molecule has 0 spiro atoms. The van der Waals surface area contributed by atoms with Gasteiger partial charge in [0.25, 0.3) is 0 Å². The predicted octanol–water partition coefficient (Wildman–Crippen LogP) is 1.43. The first kappa shape index (κ1) is 28.6. The molecule has 0 saturated carbocycles. The second-order valence-electron chi connectivity index (χ2n) is 8.29. The number of esters is 1. The van der Waals surface area contributed by atoms with E-state index in [1.807, 2.05) is 27.7 Å². The summed E-state index contributed by atoms with van der Waals surface area (Å²) in [5, 5.41) is 35.2. The molecule has 0 bridgehead atoms. The molecule has 0 aromatic heterocycles. The highest BCUT2D eigenvalue weighted by molar-refractivity contribution is 6.32. The van der Waals surface area contributed by atoms with Crippen molar-refractivity contribution < 1.29 is 39.1 Å². The lowest BCUT2D eigenvalue weighted by atomic mass is 9.82. The van der Waals surface area contributed by atoms with Crippen LogP contribution in [0.2, 0.25) is 0 Å². The molecule has 2 rings (SSSR count). The standard InChI is InChI=1S/C11H17N3O5.C8H15N3O3/c1-5-6(2)9(13-14-12)11(17)19-8(5)4-18-10(16)7(3)15;1-4-5(2)7(10-11-9)8(13)14-6(4)3-12/h5-6,8-9,11,17H,4H2,1-3H3;4-8,12-13H,3H2,1-2H3/t5-,6-,8?,9?,11?;4-,5-,6?,7?,8?/m00/s1. The summed E-state index contributed by atoms with van der Waals surface area (Å²) in [6, 6.07) is -1.25. The first-order chi connectivity index (χ1) is 15.5. The van der Waals surface area contributed by atoms with Gasteiger partial charge in [0.15, 0.2) is 12.6 Å². The van der Waals surface area contributed by atoms with Crippen LogP contribution in [0, 0.1) is 23.7 Å². The number of rotatable bonds is 6. The van der Waals surface area contributed by atoms with Crippen molar-refractivity contribution in [1.29, 1.82) is 0 Å². The van der Waals surface area contributed by atoms with Gasteiger partial charge in [-0.1, -0.05) is 37.9 Å². The van der Waals surface area contributed by atoms with Gasteiger partial charge < -0.3 is 29.5 Å². The number of ketones is 1. The van der Waals surface area contributed by atoms with Crippen molar-refractivity contribution in [3.63, 3.8) is 0 Å². The van der Waals surface area contributed by atoms with Crippen molar-refractivity contribution in [2.75, 3.05) is 13.2 Å². The third-order valence-corrected chi connectivity index (χ3v) is 6.34. The molecule has 2 fully saturated rings. The van der Waals surface area contributed by atoms with E-state index >= 15 is 0 Å². The van der Waals surface area contributed by atoms with Gasteiger partial charge in [-0.3, -0.25) is 4.79 Å². The molecule has 14 nitrogen and oxygen atoms in total. The largest absolute Gasteiger partial charge is 0.457 e. The molecule has 3 N–H and O–H groups in total. The average molecular weight is 472 g/mol. The minimum absolute atomic E-state index is 0.00759. The second kappa shape index (κ2) is 13.3. The third-order valence-electron chi connectivity index (χ3n) is 6.34. The Labute approximate surface area is 191 Å². The molecule has 0 aromatic rings. The van der Waals surface area contributed by atoms with E-state index in [1.54, 1.807) is 0 Å². The molecule has 0 radical (unpaired) electrons. The summed E-state index contributed by atoms with van der Waals surface area (Å²) >= 11 is 0. The highest BCUT2D eigenvalue weighted by atomic mass is 16.6. The molecular formula is C19H32N6O8. The van der Waals surface area contributed by atoms with E-state index in [1.165, 1.54) is 0 Å². The number of Topliss-reactive ketones (excluding diaryl/α,β-unsaturated/α-hetero) is 1. The van der Waals surface area contributed by atoms with Crippen LogP contribution in [0.5, 0.6) is 0 Å². The summed E-state index contributed by atoms with van der Waals surface area (Å²) < 4.78 is 15.2. The number of carbonyl (C=O) groups excluding carboxylic acids is 2. The van der Waals surface area contributed by atoms with E-state index in [2.05, 4.69) is 20.1 Å². The topological polar surface area (TPSA) is 220 Å². The summed E-state index contributed by atoms with van der Waals surface area (Å²) in [5.41, 5.74) is 16.7. The summed E-state index contributed by atoms with van der Waals surface area (Å²) in [7, 11) is 0. The Morgan fingerprint density at radius 2 is 1.30 bits per heavy atom. The first-order valence-corrected chi connectivity index (χ1v) is 10.5. The van der Waals surface area contributed by atoms with Crippen LogP contribution in [0.25, 0.3) is 20.9 Å². The molecule has 0 aliphatic carbocycles.